The highest BCUT2D eigenvalue weighted by Crippen LogP contribution is 2.28. The molecule has 0 atom stereocenters. The lowest BCUT2D eigenvalue weighted by Gasteiger charge is -2.34. The van der Waals surface area contributed by atoms with E-state index in [2.05, 4.69) is 5.32 Å². The molecule has 1 aromatic heterocycles. The van der Waals surface area contributed by atoms with Crippen LogP contribution < -0.4 is 5.32 Å². The standard InChI is InChI=1S/C18H21Cl2N3O4S/c1-12-9-14(13(2)27-12)11-21-18(24)22-5-7-23(8-6-22)28(25,26)17-10-15(19)3-4-16(17)20/h3-4,9-10H,5-8,11H2,1-2H3,(H,21,24). The van der Waals surface area contributed by atoms with Gasteiger partial charge in [-0.15, -0.1) is 0 Å². The first kappa shape index (κ1) is 21.0. The molecule has 1 aromatic carbocycles. The molecule has 3 rings (SSSR count). The summed E-state index contributed by atoms with van der Waals surface area (Å²) >= 11 is 12.0. The van der Waals surface area contributed by atoms with E-state index in [1.807, 2.05) is 19.9 Å². The smallest absolute Gasteiger partial charge is 0.317 e. The molecular weight excluding hydrogens is 425 g/mol. The number of hydrogen-bond acceptors (Lipinski definition) is 4. The zero-order valence-corrected chi connectivity index (χ0v) is 17.9. The second-order valence-electron chi connectivity index (χ2n) is 6.56. The van der Waals surface area contributed by atoms with Gasteiger partial charge >= 0.3 is 6.03 Å². The molecule has 0 spiro atoms. The third kappa shape index (κ3) is 4.46. The Morgan fingerprint density at radius 1 is 1.14 bits per heavy atom. The highest BCUT2D eigenvalue weighted by molar-refractivity contribution is 7.89. The molecule has 10 heteroatoms. The van der Waals surface area contributed by atoms with Crippen molar-refractivity contribution in [2.24, 2.45) is 0 Å². The normalized spacial score (nSPS) is 15.6. The largest absolute Gasteiger partial charge is 0.466 e. The highest BCUT2D eigenvalue weighted by atomic mass is 35.5. The molecule has 7 nitrogen and oxygen atoms in total. The van der Waals surface area contributed by atoms with Crippen molar-refractivity contribution in [3.63, 3.8) is 0 Å². The summed E-state index contributed by atoms with van der Waals surface area (Å²) < 4.78 is 32.4. The van der Waals surface area contributed by atoms with Crippen molar-refractivity contribution >= 4 is 39.3 Å². The molecule has 2 aromatic rings. The number of sulfonamides is 1. The quantitative estimate of drug-likeness (QED) is 0.781. The molecule has 1 N–H and O–H groups in total. The van der Waals surface area contributed by atoms with Gasteiger partial charge in [0.2, 0.25) is 10.0 Å². The average Bonchev–Trinajstić information content (AvgIpc) is 2.99. The first-order valence-corrected chi connectivity index (χ1v) is 10.9. The minimum Gasteiger partial charge on any atom is -0.466 e. The van der Waals surface area contributed by atoms with Gasteiger partial charge in [-0.05, 0) is 38.1 Å². The number of furan rings is 1. The van der Waals surface area contributed by atoms with E-state index in [9.17, 15) is 13.2 Å². The van der Waals surface area contributed by atoms with Crippen LogP contribution >= 0.6 is 23.2 Å². The zero-order valence-electron chi connectivity index (χ0n) is 15.5. The van der Waals surface area contributed by atoms with Crippen LogP contribution in [0.1, 0.15) is 17.1 Å². The van der Waals surface area contributed by atoms with Crippen molar-refractivity contribution in [3.05, 3.63) is 51.4 Å². The van der Waals surface area contributed by atoms with E-state index in [4.69, 9.17) is 27.6 Å². The summed E-state index contributed by atoms with van der Waals surface area (Å²) in [6.07, 6.45) is 0. The Kier molecular flexibility index (Phi) is 6.24. The fraction of sp³-hybridized carbons (Fsp3) is 0.389. The summed E-state index contributed by atoms with van der Waals surface area (Å²) in [4.78, 5) is 14.0. The summed E-state index contributed by atoms with van der Waals surface area (Å²) in [5, 5.41) is 3.26. The Morgan fingerprint density at radius 3 is 2.43 bits per heavy atom. The van der Waals surface area contributed by atoms with Crippen LogP contribution in [0.25, 0.3) is 0 Å². The number of carbonyl (C=O) groups excluding carboxylic acids is 1. The second-order valence-corrected chi connectivity index (χ2v) is 9.31. The molecule has 0 saturated carbocycles. The maximum atomic E-state index is 12.8. The lowest BCUT2D eigenvalue weighted by molar-refractivity contribution is 0.172. The van der Waals surface area contributed by atoms with E-state index in [1.165, 1.54) is 22.5 Å². The fourth-order valence-electron chi connectivity index (χ4n) is 3.09. The van der Waals surface area contributed by atoms with Crippen LogP contribution in [0, 0.1) is 13.8 Å². The van der Waals surface area contributed by atoms with Gasteiger partial charge in [0.05, 0.1) is 5.02 Å². The molecule has 28 heavy (non-hydrogen) atoms. The zero-order chi connectivity index (χ0) is 20.5. The Morgan fingerprint density at radius 2 is 1.82 bits per heavy atom. The van der Waals surface area contributed by atoms with E-state index in [0.29, 0.717) is 11.6 Å². The predicted molar refractivity (Wildman–Crippen MR) is 107 cm³/mol. The number of aryl methyl sites for hydroxylation is 2. The second kappa shape index (κ2) is 8.32. The van der Waals surface area contributed by atoms with Crippen LogP contribution in [0.2, 0.25) is 10.0 Å². The number of halogens is 2. The molecule has 0 bridgehead atoms. The van der Waals surface area contributed by atoms with Crippen LogP contribution in [0.4, 0.5) is 4.79 Å². The molecule has 2 amide bonds. The van der Waals surface area contributed by atoms with Gasteiger partial charge in [-0.1, -0.05) is 23.2 Å². The maximum absolute atomic E-state index is 12.8. The van der Waals surface area contributed by atoms with Crippen molar-refractivity contribution < 1.29 is 17.6 Å². The van der Waals surface area contributed by atoms with E-state index in [1.54, 1.807) is 4.90 Å². The van der Waals surface area contributed by atoms with E-state index in [0.717, 1.165) is 17.1 Å². The van der Waals surface area contributed by atoms with Gasteiger partial charge in [0.15, 0.2) is 0 Å². The number of piperazine rings is 1. The minimum atomic E-state index is -3.78. The first-order chi connectivity index (χ1) is 13.2. The fourth-order valence-corrected chi connectivity index (χ4v) is 5.25. The van der Waals surface area contributed by atoms with Crippen LogP contribution in [0.3, 0.4) is 0 Å². The van der Waals surface area contributed by atoms with Crippen molar-refractivity contribution in [2.45, 2.75) is 25.3 Å². The van der Waals surface area contributed by atoms with Gasteiger partial charge in [-0.25, -0.2) is 13.2 Å². The third-order valence-electron chi connectivity index (χ3n) is 4.61. The van der Waals surface area contributed by atoms with Crippen LogP contribution in [-0.4, -0.2) is 49.8 Å². The molecule has 0 radical (unpaired) electrons. The maximum Gasteiger partial charge on any atom is 0.317 e. The number of urea groups is 1. The summed E-state index contributed by atoms with van der Waals surface area (Å²) in [6, 6.07) is 5.98. The first-order valence-electron chi connectivity index (χ1n) is 8.72. The molecule has 152 valence electrons. The highest BCUT2D eigenvalue weighted by Gasteiger charge is 2.31. The van der Waals surface area contributed by atoms with Crippen LogP contribution in [0.15, 0.2) is 33.6 Å². The lowest BCUT2D eigenvalue weighted by atomic mass is 10.2. The number of amides is 2. The number of nitrogens with zero attached hydrogens (tertiary/aromatic N) is 2. The number of hydrogen-bond donors (Lipinski definition) is 1. The Hall–Kier alpha value is -1.74. The summed E-state index contributed by atoms with van der Waals surface area (Å²) in [5.74, 6) is 1.56. The van der Waals surface area contributed by atoms with Gasteiger partial charge in [0.1, 0.15) is 16.4 Å². The summed E-state index contributed by atoms with van der Waals surface area (Å²) in [7, 11) is -3.78. The Labute approximate surface area is 174 Å². The van der Waals surface area contributed by atoms with Crippen molar-refractivity contribution in [1.29, 1.82) is 0 Å². The van der Waals surface area contributed by atoms with Crippen LogP contribution in [-0.2, 0) is 16.6 Å². The van der Waals surface area contributed by atoms with Crippen LogP contribution in [0.5, 0.6) is 0 Å². The number of nitrogens with one attached hydrogen (secondary N) is 1. The summed E-state index contributed by atoms with van der Waals surface area (Å²) in [5.41, 5.74) is 0.919. The van der Waals surface area contributed by atoms with Crippen molar-refractivity contribution in [1.82, 2.24) is 14.5 Å². The molecule has 1 aliphatic heterocycles. The Balaban J connectivity index is 1.60. The molecule has 1 saturated heterocycles. The van der Waals surface area contributed by atoms with E-state index < -0.39 is 10.0 Å². The number of benzene rings is 1. The summed E-state index contributed by atoms with van der Waals surface area (Å²) in [6.45, 7) is 4.99. The molecule has 0 aliphatic carbocycles. The topological polar surface area (TPSA) is 82.9 Å². The number of carbonyl (C=O) groups is 1. The van der Waals surface area contributed by atoms with Gasteiger partial charge in [0, 0.05) is 43.3 Å². The third-order valence-corrected chi connectivity index (χ3v) is 7.23. The minimum absolute atomic E-state index is 0.0228. The lowest BCUT2D eigenvalue weighted by Crippen LogP contribution is -2.53. The SMILES string of the molecule is Cc1cc(CNC(=O)N2CCN(S(=O)(=O)c3cc(Cl)ccc3Cl)CC2)c(C)o1. The van der Waals surface area contributed by atoms with Gasteiger partial charge in [0.25, 0.3) is 0 Å². The molecular formula is C18H21Cl2N3O4S. The molecule has 2 heterocycles. The van der Waals surface area contributed by atoms with Crippen molar-refractivity contribution in [2.75, 3.05) is 26.2 Å². The average molecular weight is 446 g/mol. The van der Waals surface area contributed by atoms with Gasteiger partial charge < -0.3 is 14.6 Å². The molecule has 1 aliphatic rings. The molecule has 0 unspecified atom stereocenters. The Bertz CT molecular complexity index is 983. The number of rotatable bonds is 4. The van der Waals surface area contributed by atoms with Gasteiger partial charge in [-0.3, -0.25) is 0 Å². The van der Waals surface area contributed by atoms with E-state index >= 15 is 0 Å². The predicted octanol–water partition coefficient (Wildman–Crippen LogP) is 3.42. The van der Waals surface area contributed by atoms with Gasteiger partial charge in [-0.2, -0.15) is 4.31 Å². The van der Waals surface area contributed by atoms with Crippen molar-refractivity contribution in [3.8, 4) is 0 Å². The van der Waals surface area contributed by atoms with E-state index in [-0.39, 0.29) is 42.1 Å². The monoisotopic (exact) mass is 445 g/mol. The molecule has 1 fully saturated rings.